The van der Waals surface area contributed by atoms with Gasteiger partial charge in [-0.3, -0.25) is 0 Å². The van der Waals surface area contributed by atoms with Crippen molar-refractivity contribution in [1.29, 1.82) is 0 Å². The second-order valence-corrected chi connectivity index (χ2v) is 14.1. The van der Waals surface area contributed by atoms with Crippen molar-refractivity contribution in [2.75, 3.05) is 0 Å². The molecule has 1 fully saturated rings. The third kappa shape index (κ3) is 12.8. The maximum Gasteiger partial charge on any atom is 0.247 e. The molecule has 0 radical (unpaired) electrons. The smallest absolute Gasteiger partial charge is 0.247 e. The van der Waals surface area contributed by atoms with E-state index in [4.69, 9.17) is 9.52 Å². The van der Waals surface area contributed by atoms with Gasteiger partial charge >= 0.3 is 0 Å². The van der Waals surface area contributed by atoms with Gasteiger partial charge in [-0.1, -0.05) is 184 Å². The number of aromatic nitrogens is 2. The largest absolute Gasteiger partial charge is 0.420 e. The predicted octanol–water partition coefficient (Wildman–Crippen LogP) is 12.8. The summed E-state index contributed by atoms with van der Waals surface area (Å²) in [5.74, 6) is 2.90. The van der Waals surface area contributed by atoms with Crippen molar-refractivity contribution >= 4 is 5.57 Å². The topological polar surface area (TPSA) is 38.9 Å². The Morgan fingerprint density at radius 2 is 1.16 bits per heavy atom. The van der Waals surface area contributed by atoms with Gasteiger partial charge in [-0.05, 0) is 55.1 Å². The second-order valence-electron chi connectivity index (χ2n) is 14.1. The summed E-state index contributed by atoms with van der Waals surface area (Å²) >= 11 is 0. The van der Waals surface area contributed by atoms with Gasteiger partial charge < -0.3 is 4.42 Å². The van der Waals surface area contributed by atoms with Crippen LogP contribution in [0.3, 0.4) is 0 Å². The molecule has 4 atom stereocenters. The SMILES string of the molecule is CCC(C)(CC(C)(CC)C1CCCCCCCCCCC(C)CC1)c1nnc(C2=CC=CC=CC=CC=CC=CC=CC=C2)o1. The monoisotopic (exact) mass is 610 g/mol. The number of nitrogens with zero attached hydrogens (tertiary/aromatic N) is 2. The van der Waals surface area contributed by atoms with Crippen LogP contribution in [-0.4, -0.2) is 10.2 Å². The molecule has 2 aliphatic carbocycles. The van der Waals surface area contributed by atoms with Gasteiger partial charge in [-0.15, -0.1) is 10.2 Å². The summed E-state index contributed by atoms with van der Waals surface area (Å²) in [6.07, 6.45) is 50.3. The van der Waals surface area contributed by atoms with Gasteiger partial charge in [-0.2, -0.15) is 0 Å². The average molecular weight is 611 g/mol. The molecule has 45 heavy (non-hydrogen) atoms. The van der Waals surface area contributed by atoms with Crippen molar-refractivity contribution in [3.05, 3.63) is 103 Å². The second kappa shape index (κ2) is 20.2. The molecule has 3 heteroatoms. The molecule has 2 aliphatic rings. The minimum Gasteiger partial charge on any atom is -0.420 e. The molecule has 0 saturated heterocycles. The van der Waals surface area contributed by atoms with Crippen LogP contribution in [0.2, 0.25) is 0 Å². The summed E-state index contributed by atoms with van der Waals surface area (Å²) < 4.78 is 6.56. The Bertz CT molecular complexity index is 1220. The van der Waals surface area contributed by atoms with Gasteiger partial charge in [0, 0.05) is 11.0 Å². The van der Waals surface area contributed by atoms with Crippen LogP contribution >= 0.6 is 0 Å². The minimum atomic E-state index is -0.174. The van der Waals surface area contributed by atoms with Crippen molar-refractivity contribution < 1.29 is 4.42 Å². The van der Waals surface area contributed by atoms with E-state index in [1.807, 2.05) is 91.1 Å². The summed E-state index contributed by atoms with van der Waals surface area (Å²) in [6, 6.07) is 0. The lowest BCUT2D eigenvalue weighted by Crippen LogP contribution is -2.36. The molecular weight excluding hydrogens is 548 g/mol. The average Bonchev–Trinajstić information content (AvgIpc) is 3.54. The fourth-order valence-electron chi connectivity index (χ4n) is 7.02. The van der Waals surface area contributed by atoms with Crippen molar-refractivity contribution in [3.63, 3.8) is 0 Å². The number of rotatable bonds is 7. The maximum atomic E-state index is 6.56. The highest BCUT2D eigenvalue weighted by molar-refractivity contribution is 5.70. The minimum absolute atomic E-state index is 0.174. The number of hydrogen-bond acceptors (Lipinski definition) is 3. The normalized spacial score (nSPS) is 24.1. The molecule has 1 heterocycles. The van der Waals surface area contributed by atoms with Crippen LogP contribution < -0.4 is 0 Å². The molecule has 1 aromatic heterocycles. The van der Waals surface area contributed by atoms with E-state index in [0.717, 1.165) is 36.1 Å². The standard InChI is InChI=1S/C42H62N2O/c1-6-41(4,38-32-28-24-20-16-15-17-21-25-29-36(3)33-34-38)35-42(5,7-2)40-44-43-39(45-40)37-30-26-22-18-13-11-9-8-10-12-14-19-23-27-31-37/h8-14,18-19,22-23,26-27,30-31,36,38H,6-7,15-17,20-21,24-25,28-29,32-35H2,1-5H3. The van der Waals surface area contributed by atoms with E-state index in [2.05, 4.69) is 39.7 Å². The predicted molar refractivity (Wildman–Crippen MR) is 195 cm³/mol. The summed E-state index contributed by atoms with van der Waals surface area (Å²) in [4.78, 5) is 0. The van der Waals surface area contributed by atoms with Crippen LogP contribution in [0.15, 0.2) is 95.6 Å². The van der Waals surface area contributed by atoms with Crippen molar-refractivity contribution in [2.45, 2.75) is 136 Å². The highest BCUT2D eigenvalue weighted by Gasteiger charge is 2.42. The molecule has 0 aromatic carbocycles. The fraction of sp³-hybridized carbons (Fsp3) is 0.571. The summed E-state index contributed by atoms with van der Waals surface area (Å²) in [7, 11) is 0. The summed E-state index contributed by atoms with van der Waals surface area (Å²) in [5.41, 5.74) is 0.965. The molecule has 1 saturated carbocycles. The van der Waals surface area contributed by atoms with Gasteiger partial charge in [0.1, 0.15) is 0 Å². The zero-order valence-corrected chi connectivity index (χ0v) is 29.2. The molecule has 0 amide bonds. The van der Waals surface area contributed by atoms with Gasteiger partial charge in [0.2, 0.25) is 11.8 Å². The van der Waals surface area contributed by atoms with E-state index >= 15 is 0 Å². The van der Waals surface area contributed by atoms with E-state index in [9.17, 15) is 0 Å². The molecule has 0 aliphatic heterocycles. The Labute approximate surface area is 276 Å². The zero-order valence-electron chi connectivity index (χ0n) is 29.2. The van der Waals surface area contributed by atoms with Crippen LogP contribution in [0.1, 0.15) is 143 Å². The quantitative estimate of drug-likeness (QED) is 0.308. The molecule has 3 rings (SSSR count). The summed E-state index contributed by atoms with van der Waals surface area (Å²) in [5, 5.41) is 9.32. The maximum absolute atomic E-state index is 6.56. The molecule has 3 nitrogen and oxygen atoms in total. The van der Waals surface area contributed by atoms with Crippen LogP contribution in [0.25, 0.3) is 5.57 Å². The molecule has 246 valence electrons. The van der Waals surface area contributed by atoms with Gasteiger partial charge in [-0.25, -0.2) is 0 Å². The Morgan fingerprint density at radius 1 is 0.622 bits per heavy atom. The van der Waals surface area contributed by atoms with E-state index in [1.165, 1.54) is 83.5 Å². The third-order valence-electron chi connectivity index (χ3n) is 10.4. The van der Waals surface area contributed by atoms with Gasteiger partial charge in [0.25, 0.3) is 0 Å². The molecule has 0 spiro atoms. The Morgan fingerprint density at radius 3 is 1.73 bits per heavy atom. The van der Waals surface area contributed by atoms with E-state index in [-0.39, 0.29) is 10.8 Å². The molecule has 0 N–H and O–H groups in total. The van der Waals surface area contributed by atoms with E-state index in [0.29, 0.717) is 5.89 Å². The number of hydrogen-bond donors (Lipinski definition) is 0. The molecule has 4 unspecified atom stereocenters. The Hall–Kier alpha value is -2.94. The van der Waals surface area contributed by atoms with E-state index < -0.39 is 0 Å². The van der Waals surface area contributed by atoms with Crippen LogP contribution in [0, 0.1) is 17.3 Å². The lowest BCUT2D eigenvalue weighted by atomic mass is 9.61. The van der Waals surface area contributed by atoms with Gasteiger partial charge in [0.05, 0.1) is 0 Å². The first-order valence-corrected chi connectivity index (χ1v) is 18.1. The van der Waals surface area contributed by atoms with Crippen molar-refractivity contribution in [2.24, 2.45) is 17.3 Å². The zero-order chi connectivity index (χ0) is 32.2. The highest BCUT2D eigenvalue weighted by atomic mass is 16.4. The fourth-order valence-corrected chi connectivity index (χ4v) is 7.02. The van der Waals surface area contributed by atoms with Crippen LogP contribution in [-0.2, 0) is 5.41 Å². The van der Waals surface area contributed by atoms with Gasteiger partial charge in [0.15, 0.2) is 0 Å². The van der Waals surface area contributed by atoms with E-state index in [1.54, 1.807) is 0 Å². The van der Waals surface area contributed by atoms with Crippen molar-refractivity contribution in [1.82, 2.24) is 10.2 Å². The highest BCUT2D eigenvalue weighted by Crippen LogP contribution is 2.48. The Kier molecular flexibility index (Phi) is 16.4. The van der Waals surface area contributed by atoms with Crippen molar-refractivity contribution in [3.8, 4) is 0 Å². The number of allylic oxidation sites excluding steroid dienone is 16. The third-order valence-corrected chi connectivity index (χ3v) is 10.4. The lowest BCUT2D eigenvalue weighted by Gasteiger charge is -2.43. The molecule has 1 aromatic rings. The summed E-state index contributed by atoms with van der Waals surface area (Å²) in [6.45, 7) is 12.1. The first-order chi connectivity index (χ1) is 21.9. The first kappa shape index (κ1) is 36.5. The lowest BCUT2D eigenvalue weighted by molar-refractivity contribution is 0.0861. The van der Waals surface area contributed by atoms with Crippen LogP contribution in [0.5, 0.6) is 0 Å². The molecular formula is C42H62N2O. The van der Waals surface area contributed by atoms with Crippen LogP contribution in [0.4, 0.5) is 0 Å². The molecule has 0 bridgehead atoms. The Balaban J connectivity index is 1.84. The first-order valence-electron chi connectivity index (χ1n) is 18.1.